The van der Waals surface area contributed by atoms with Gasteiger partial charge in [0, 0.05) is 25.7 Å². The van der Waals surface area contributed by atoms with Gasteiger partial charge in [-0.1, -0.05) is 0 Å². The Balaban J connectivity index is 1.52. The lowest BCUT2D eigenvalue weighted by atomic mass is 9.90. The first-order valence-electron chi connectivity index (χ1n) is 7.51. The smallest absolute Gasteiger partial charge is 0.171 e. The molecule has 3 aliphatic heterocycles. The van der Waals surface area contributed by atoms with Crippen molar-refractivity contribution in [3.63, 3.8) is 0 Å². The molecule has 2 spiro atoms. The first-order chi connectivity index (χ1) is 9.29. The molecule has 0 aromatic heterocycles. The van der Waals surface area contributed by atoms with Crippen molar-refractivity contribution >= 4 is 0 Å². The van der Waals surface area contributed by atoms with Crippen molar-refractivity contribution in [2.75, 3.05) is 26.4 Å². The summed E-state index contributed by atoms with van der Waals surface area (Å²) in [7, 11) is 0. The summed E-state index contributed by atoms with van der Waals surface area (Å²) in [5.74, 6) is -0.926. The van der Waals surface area contributed by atoms with Gasteiger partial charge in [-0.2, -0.15) is 0 Å². The molecule has 3 heterocycles. The monoisotopic (exact) mass is 270 g/mol. The summed E-state index contributed by atoms with van der Waals surface area (Å²) < 4.78 is 29.6. The average molecular weight is 270 g/mol. The lowest BCUT2D eigenvalue weighted by Gasteiger charge is -2.43. The van der Waals surface area contributed by atoms with Gasteiger partial charge in [0.15, 0.2) is 11.6 Å². The van der Waals surface area contributed by atoms with Gasteiger partial charge >= 0.3 is 0 Å². The predicted molar refractivity (Wildman–Crippen MR) is 65.6 cm³/mol. The Kier molecular flexibility index (Phi) is 3.08. The van der Waals surface area contributed by atoms with Crippen LogP contribution in [-0.2, 0) is 23.7 Å². The average Bonchev–Trinajstić information content (AvgIpc) is 3.14. The molecule has 0 amide bonds. The number of ether oxygens (including phenoxy) is 5. The highest BCUT2D eigenvalue weighted by Crippen LogP contribution is 2.46. The molecule has 4 aliphatic rings. The van der Waals surface area contributed by atoms with Crippen molar-refractivity contribution in [1.82, 2.24) is 0 Å². The third-order valence-corrected chi connectivity index (χ3v) is 4.64. The van der Waals surface area contributed by atoms with Crippen molar-refractivity contribution in [2.24, 2.45) is 0 Å². The molecule has 0 unspecified atom stereocenters. The fraction of sp³-hybridized carbons (Fsp3) is 1.00. The van der Waals surface area contributed by atoms with Crippen LogP contribution >= 0.6 is 0 Å². The molecule has 0 radical (unpaired) electrons. The number of hydrogen-bond donors (Lipinski definition) is 0. The minimum absolute atomic E-state index is 0.254. The van der Waals surface area contributed by atoms with Crippen molar-refractivity contribution in [1.29, 1.82) is 0 Å². The Hall–Kier alpha value is -0.200. The summed E-state index contributed by atoms with van der Waals surface area (Å²) in [6.45, 7) is 3.14. The van der Waals surface area contributed by atoms with E-state index in [-0.39, 0.29) is 12.2 Å². The van der Waals surface area contributed by atoms with Crippen molar-refractivity contribution < 1.29 is 23.7 Å². The Bertz CT molecular complexity index is 301. The molecule has 5 nitrogen and oxygen atoms in total. The molecule has 5 heteroatoms. The van der Waals surface area contributed by atoms with Crippen molar-refractivity contribution in [3.05, 3.63) is 0 Å². The maximum Gasteiger partial charge on any atom is 0.171 e. The molecule has 0 bridgehead atoms. The van der Waals surface area contributed by atoms with Crippen molar-refractivity contribution in [2.45, 2.75) is 62.3 Å². The van der Waals surface area contributed by atoms with Gasteiger partial charge in [-0.3, -0.25) is 0 Å². The van der Waals surface area contributed by atoms with E-state index < -0.39 is 11.6 Å². The molecule has 2 atom stereocenters. The first-order valence-corrected chi connectivity index (χ1v) is 7.51. The number of hydrogen-bond acceptors (Lipinski definition) is 5. The molecular weight excluding hydrogens is 248 g/mol. The second-order valence-corrected chi connectivity index (χ2v) is 6.04. The molecule has 0 aromatic carbocycles. The highest BCUT2D eigenvalue weighted by molar-refractivity contribution is 4.98. The Morgan fingerprint density at radius 2 is 1.05 bits per heavy atom. The second kappa shape index (κ2) is 4.67. The molecule has 108 valence electrons. The number of fused-ring (bicyclic) bond motifs is 1. The normalized spacial score (nSPS) is 40.4. The zero-order chi connectivity index (χ0) is 12.8. The highest BCUT2D eigenvalue weighted by atomic mass is 16.7. The maximum atomic E-state index is 5.96. The van der Waals surface area contributed by atoms with Gasteiger partial charge in [-0.15, -0.1) is 0 Å². The molecule has 3 saturated heterocycles. The van der Waals surface area contributed by atoms with E-state index in [1.165, 1.54) is 0 Å². The van der Waals surface area contributed by atoms with Gasteiger partial charge in [0.05, 0.1) is 38.6 Å². The van der Waals surface area contributed by atoms with E-state index >= 15 is 0 Å². The molecule has 4 rings (SSSR count). The van der Waals surface area contributed by atoms with E-state index in [0.717, 1.165) is 65.0 Å². The van der Waals surface area contributed by atoms with Crippen LogP contribution in [0.3, 0.4) is 0 Å². The van der Waals surface area contributed by atoms with Gasteiger partial charge in [0.2, 0.25) is 0 Å². The molecule has 19 heavy (non-hydrogen) atoms. The fourth-order valence-electron chi connectivity index (χ4n) is 3.49. The van der Waals surface area contributed by atoms with Crippen LogP contribution < -0.4 is 0 Å². The molecule has 1 saturated carbocycles. The second-order valence-electron chi connectivity index (χ2n) is 6.04. The predicted octanol–water partition coefficient (Wildman–Crippen LogP) is 1.59. The van der Waals surface area contributed by atoms with Crippen LogP contribution in [0.25, 0.3) is 0 Å². The Labute approximate surface area is 113 Å². The lowest BCUT2D eigenvalue weighted by molar-refractivity contribution is -0.310. The van der Waals surface area contributed by atoms with E-state index in [0.29, 0.717) is 0 Å². The van der Waals surface area contributed by atoms with E-state index in [1.54, 1.807) is 0 Å². The zero-order valence-electron chi connectivity index (χ0n) is 11.3. The van der Waals surface area contributed by atoms with Crippen LogP contribution in [-0.4, -0.2) is 50.2 Å². The van der Waals surface area contributed by atoms with Crippen LogP contribution in [0, 0.1) is 0 Å². The third kappa shape index (κ3) is 2.43. The highest BCUT2D eigenvalue weighted by Gasteiger charge is 2.55. The van der Waals surface area contributed by atoms with Crippen LogP contribution in [0.4, 0.5) is 0 Å². The van der Waals surface area contributed by atoms with Gasteiger partial charge < -0.3 is 23.7 Å². The van der Waals surface area contributed by atoms with E-state index in [9.17, 15) is 0 Å². The summed E-state index contributed by atoms with van der Waals surface area (Å²) in [5, 5.41) is 0. The topological polar surface area (TPSA) is 49.5 Å². The summed E-state index contributed by atoms with van der Waals surface area (Å²) in [6, 6.07) is 0. The van der Waals surface area contributed by atoms with E-state index in [4.69, 9.17) is 23.7 Å². The molecule has 0 N–H and O–H groups in total. The van der Waals surface area contributed by atoms with Crippen LogP contribution in [0.15, 0.2) is 0 Å². The lowest BCUT2D eigenvalue weighted by Crippen LogP contribution is -2.49. The minimum atomic E-state index is -0.463. The van der Waals surface area contributed by atoms with Gasteiger partial charge in [0.25, 0.3) is 0 Å². The third-order valence-electron chi connectivity index (χ3n) is 4.64. The minimum Gasteiger partial charge on any atom is -0.369 e. The number of rotatable bonds is 0. The van der Waals surface area contributed by atoms with Crippen LogP contribution in [0.1, 0.15) is 38.5 Å². The SMILES string of the molecule is C1COC2(CCC3(C[C@H]4O[C@H]4C2)OCCCO3)OC1. The van der Waals surface area contributed by atoms with E-state index in [1.807, 2.05) is 0 Å². The molecule has 4 fully saturated rings. The quantitative estimate of drug-likeness (QED) is 0.626. The summed E-state index contributed by atoms with van der Waals surface area (Å²) in [6.07, 6.45) is 5.85. The Morgan fingerprint density at radius 3 is 1.47 bits per heavy atom. The summed E-state index contributed by atoms with van der Waals surface area (Å²) in [4.78, 5) is 0. The van der Waals surface area contributed by atoms with Gasteiger partial charge in [0.1, 0.15) is 0 Å². The molecule has 0 aromatic rings. The summed E-state index contributed by atoms with van der Waals surface area (Å²) >= 11 is 0. The van der Waals surface area contributed by atoms with Crippen molar-refractivity contribution in [3.8, 4) is 0 Å². The van der Waals surface area contributed by atoms with Crippen LogP contribution in [0.5, 0.6) is 0 Å². The number of epoxide rings is 1. The standard InChI is InChI=1S/C14H22O5/c1-5-15-13(16-6-1)3-4-14(17-7-2-8-18-14)10-12-11(9-13)19-12/h11-12H,1-10H2/t11-,12+. The zero-order valence-corrected chi connectivity index (χ0v) is 11.3. The fourth-order valence-corrected chi connectivity index (χ4v) is 3.49. The van der Waals surface area contributed by atoms with Crippen LogP contribution in [0.2, 0.25) is 0 Å². The van der Waals surface area contributed by atoms with E-state index in [2.05, 4.69) is 0 Å². The van der Waals surface area contributed by atoms with Gasteiger partial charge in [-0.25, -0.2) is 0 Å². The Morgan fingerprint density at radius 1 is 0.632 bits per heavy atom. The summed E-state index contributed by atoms with van der Waals surface area (Å²) in [5.41, 5.74) is 0. The maximum absolute atomic E-state index is 5.96. The van der Waals surface area contributed by atoms with Gasteiger partial charge in [-0.05, 0) is 12.8 Å². The molecular formula is C14H22O5. The molecule has 1 aliphatic carbocycles. The largest absolute Gasteiger partial charge is 0.369 e. The first kappa shape index (κ1) is 12.5.